The second kappa shape index (κ2) is 16.1. The molecule has 3 aliphatic rings. The van der Waals surface area contributed by atoms with Crippen LogP contribution in [0.15, 0.2) is 48.7 Å². The number of amides is 4. The van der Waals surface area contributed by atoms with Gasteiger partial charge in [-0.05, 0) is 82.9 Å². The van der Waals surface area contributed by atoms with Gasteiger partial charge in [0.2, 0.25) is 11.8 Å². The minimum absolute atomic E-state index is 0.126. The number of hydrogen-bond acceptors (Lipinski definition) is 9. The van der Waals surface area contributed by atoms with Crippen molar-refractivity contribution >= 4 is 45.8 Å². The molecule has 0 spiro atoms. The van der Waals surface area contributed by atoms with Crippen LogP contribution in [0.1, 0.15) is 83.7 Å². The molecule has 60 heavy (non-hydrogen) atoms. The minimum Gasteiger partial charge on any atom is -0.488 e. The zero-order valence-corrected chi connectivity index (χ0v) is 35.4. The number of fused-ring (bicyclic) bond motifs is 6. The number of likely N-dealkylation sites (tertiary alicyclic amines) is 2. The fourth-order valence-electron chi connectivity index (χ4n) is 9.14. The number of ether oxygens (including phenoxy) is 3. The van der Waals surface area contributed by atoms with Gasteiger partial charge in [-0.2, -0.15) is 0 Å². The van der Waals surface area contributed by atoms with Crippen molar-refractivity contribution in [3.05, 3.63) is 65.9 Å². The van der Waals surface area contributed by atoms with Gasteiger partial charge in [-0.1, -0.05) is 59.7 Å². The summed E-state index contributed by atoms with van der Waals surface area (Å²) < 4.78 is 16.0. The number of nitrogens with zero attached hydrogens (tertiary/aromatic N) is 4. The van der Waals surface area contributed by atoms with Crippen molar-refractivity contribution < 1.29 is 33.4 Å². The highest BCUT2D eigenvalue weighted by Gasteiger charge is 2.42. The van der Waals surface area contributed by atoms with Crippen LogP contribution in [0.2, 0.25) is 0 Å². The number of benzene rings is 3. The van der Waals surface area contributed by atoms with Crippen LogP contribution in [0.4, 0.5) is 9.59 Å². The molecule has 4 N–H and O–H groups in total. The summed E-state index contributed by atoms with van der Waals surface area (Å²) in [4.78, 5) is 72.5. The van der Waals surface area contributed by atoms with Crippen LogP contribution in [0.3, 0.4) is 0 Å². The van der Waals surface area contributed by atoms with Crippen LogP contribution in [0.5, 0.6) is 5.75 Å². The largest absolute Gasteiger partial charge is 0.488 e. The Balaban J connectivity index is 1.04. The Morgan fingerprint density at radius 1 is 0.783 bits per heavy atom. The SMILES string of the molecule is COC(=O)NC(C(=O)N1CC(C)CC1c1ncc(-c2ccc3c(c2)COc2cc4c(ccc5[nH]c(C6CC(C)CN6C(=O)C(NC(=O)OC)C(C)C)nc54)cc2-3)[nH]1)C(C)C. The van der Waals surface area contributed by atoms with E-state index in [0.717, 1.165) is 68.3 Å². The first kappa shape index (κ1) is 40.7. The number of nitrogens with one attached hydrogen (secondary N) is 4. The van der Waals surface area contributed by atoms with Gasteiger partial charge in [0.1, 0.15) is 36.1 Å². The summed E-state index contributed by atoms with van der Waals surface area (Å²) in [6, 6.07) is 12.7. The molecule has 2 fully saturated rings. The third-order valence-electron chi connectivity index (χ3n) is 12.3. The molecule has 2 aromatic heterocycles. The lowest BCUT2D eigenvalue weighted by atomic mass is 9.92. The number of rotatable bonds is 9. The molecule has 15 nitrogen and oxygen atoms in total. The number of alkyl carbamates (subject to hydrolysis) is 2. The highest BCUT2D eigenvalue weighted by atomic mass is 16.5. The lowest BCUT2D eigenvalue weighted by Crippen LogP contribution is -2.51. The number of hydrogen-bond donors (Lipinski definition) is 4. The number of imidazole rings is 2. The predicted molar refractivity (Wildman–Crippen MR) is 226 cm³/mol. The average molecular weight is 819 g/mol. The molecule has 8 rings (SSSR count). The van der Waals surface area contributed by atoms with Crippen molar-refractivity contribution in [3.8, 4) is 28.1 Å². The molecular formula is C45H54N8O7. The van der Waals surface area contributed by atoms with Gasteiger partial charge in [-0.25, -0.2) is 19.6 Å². The number of methoxy groups -OCH3 is 2. The second-order valence-corrected chi connectivity index (χ2v) is 17.4. The van der Waals surface area contributed by atoms with Gasteiger partial charge in [0.15, 0.2) is 0 Å². The number of carbonyl (C=O) groups excluding carboxylic acids is 4. The topological polar surface area (TPSA) is 184 Å². The van der Waals surface area contributed by atoms with Gasteiger partial charge in [-0.15, -0.1) is 0 Å². The molecular weight excluding hydrogens is 765 g/mol. The normalized spacial score (nSPS) is 20.8. The summed E-state index contributed by atoms with van der Waals surface area (Å²) in [7, 11) is 2.58. The van der Waals surface area contributed by atoms with Crippen molar-refractivity contribution in [3.63, 3.8) is 0 Å². The van der Waals surface area contributed by atoms with Gasteiger partial charge >= 0.3 is 12.2 Å². The van der Waals surface area contributed by atoms with Crippen LogP contribution >= 0.6 is 0 Å². The first-order valence-electron chi connectivity index (χ1n) is 20.8. The minimum atomic E-state index is -0.721. The smallest absolute Gasteiger partial charge is 0.407 e. The van der Waals surface area contributed by atoms with E-state index in [9.17, 15) is 19.2 Å². The van der Waals surface area contributed by atoms with Crippen molar-refractivity contribution in [1.82, 2.24) is 40.4 Å². The van der Waals surface area contributed by atoms with Gasteiger partial charge in [0.05, 0.1) is 49.2 Å². The molecule has 5 heterocycles. The molecule has 15 heteroatoms. The van der Waals surface area contributed by atoms with Gasteiger partial charge in [0.25, 0.3) is 0 Å². The molecule has 5 aromatic rings. The first-order valence-corrected chi connectivity index (χ1v) is 20.8. The molecule has 6 unspecified atom stereocenters. The van der Waals surface area contributed by atoms with Crippen LogP contribution in [0, 0.1) is 23.7 Å². The molecule has 3 aromatic carbocycles. The second-order valence-electron chi connectivity index (χ2n) is 17.4. The Bertz CT molecular complexity index is 2470. The van der Waals surface area contributed by atoms with E-state index in [-0.39, 0.29) is 47.6 Å². The maximum absolute atomic E-state index is 13.9. The van der Waals surface area contributed by atoms with E-state index in [4.69, 9.17) is 24.2 Å². The zero-order chi connectivity index (χ0) is 42.6. The van der Waals surface area contributed by atoms with Crippen molar-refractivity contribution in [2.45, 2.75) is 85.2 Å². The summed E-state index contributed by atoms with van der Waals surface area (Å²) >= 11 is 0. The summed E-state index contributed by atoms with van der Waals surface area (Å²) in [6.07, 6.45) is 2.05. The van der Waals surface area contributed by atoms with Crippen molar-refractivity contribution in [2.75, 3.05) is 27.3 Å². The average Bonchev–Trinajstić information content (AvgIpc) is 4.05. The zero-order valence-electron chi connectivity index (χ0n) is 35.4. The van der Waals surface area contributed by atoms with Gasteiger partial charge < -0.3 is 44.6 Å². The molecule has 0 aliphatic carbocycles. The maximum atomic E-state index is 13.9. The van der Waals surface area contributed by atoms with E-state index < -0.39 is 24.3 Å². The van der Waals surface area contributed by atoms with Crippen LogP contribution in [-0.4, -0.2) is 93.1 Å². The molecule has 3 aliphatic heterocycles. The lowest BCUT2D eigenvalue weighted by Gasteiger charge is -2.30. The molecule has 316 valence electrons. The van der Waals surface area contributed by atoms with Crippen molar-refractivity contribution in [2.24, 2.45) is 23.7 Å². The molecule has 0 bridgehead atoms. The Kier molecular flexibility index (Phi) is 10.9. The third-order valence-corrected chi connectivity index (χ3v) is 12.3. The van der Waals surface area contributed by atoms with E-state index in [1.807, 2.05) is 49.8 Å². The molecule has 6 atom stereocenters. The van der Waals surface area contributed by atoms with Crippen LogP contribution in [0.25, 0.3) is 44.2 Å². The van der Waals surface area contributed by atoms with E-state index in [0.29, 0.717) is 31.3 Å². The quantitative estimate of drug-likeness (QED) is 0.119. The van der Waals surface area contributed by atoms with E-state index in [1.54, 1.807) is 0 Å². The monoisotopic (exact) mass is 818 g/mol. The van der Waals surface area contributed by atoms with E-state index >= 15 is 0 Å². The Labute approximate surface area is 348 Å². The standard InChI is InChI=1S/C45H54N8O7/c1-22(2)37(50-44(56)58-7)42(54)52-19-24(5)13-34(52)40-46-18-33(48-40)27-9-11-29-28(15-27)21-60-36-17-30-26(16-31(29)36)10-12-32-39(30)49-41(47-32)35-14-25(6)20-53(35)43(55)38(23(3)4)51-45(57)59-8/h9-12,15-18,22-25,34-35,37-38H,13-14,19-21H2,1-8H3,(H,46,48)(H,47,49)(H,50,56)(H,51,57). The molecule has 0 radical (unpaired) electrons. The van der Waals surface area contributed by atoms with E-state index in [2.05, 4.69) is 70.8 Å². The first-order chi connectivity index (χ1) is 28.7. The van der Waals surface area contributed by atoms with E-state index in [1.165, 1.54) is 14.2 Å². The van der Waals surface area contributed by atoms with Crippen molar-refractivity contribution in [1.29, 1.82) is 0 Å². The summed E-state index contributed by atoms with van der Waals surface area (Å²) in [5.74, 6) is 2.15. The maximum Gasteiger partial charge on any atom is 0.407 e. The highest BCUT2D eigenvalue weighted by molar-refractivity contribution is 6.07. The summed E-state index contributed by atoms with van der Waals surface area (Å²) in [5.41, 5.74) is 6.58. The number of carbonyl (C=O) groups is 4. The molecule has 0 saturated carbocycles. The van der Waals surface area contributed by atoms with Crippen LogP contribution < -0.4 is 15.4 Å². The number of aromatic nitrogens is 4. The number of aromatic amines is 2. The Morgan fingerprint density at radius 3 is 2.00 bits per heavy atom. The van der Waals surface area contributed by atoms with Crippen LogP contribution in [-0.2, 0) is 25.7 Å². The fourth-order valence-corrected chi connectivity index (χ4v) is 9.14. The third kappa shape index (κ3) is 7.49. The molecule has 4 amide bonds. The lowest BCUT2D eigenvalue weighted by molar-refractivity contribution is -0.136. The highest BCUT2D eigenvalue weighted by Crippen LogP contribution is 2.44. The molecule has 2 saturated heterocycles. The predicted octanol–water partition coefficient (Wildman–Crippen LogP) is 7.25. The summed E-state index contributed by atoms with van der Waals surface area (Å²) in [5, 5.41) is 7.41. The number of H-pyrrole nitrogens is 2. The Hall–Kier alpha value is -6.12. The van der Waals surface area contributed by atoms with Gasteiger partial charge in [0, 0.05) is 24.0 Å². The summed E-state index contributed by atoms with van der Waals surface area (Å²) in [6.45, 7) is 13.4. The Morgan fingerprint density at radius 2 is 1.40 bits per heavy atom. The van der Waals surface area contributed by atoms with Gasteiger partial charge in [-0.3, -0.25) is 9.59 Å². The fraction of sp³-hybridized carbons (Fsp3) is 0.467.